The van der Waals surface area contributed by atoms with Crippen molar-refractivity contribution in [3.8, 4) is 17.1 Å². The highest BCUT2D eigenvalue weighted by Gasteiger charge is 2.14. The Morgan fingerprint density at radius 2 is 1.86 bits per heavy atom. The number of nitrogens with zero attached hydrogens (tertiary/aromatic N) is 2. The van der Waals surface area contributed by atoms with Gasteiger partial charge in [0.05, 0.1) is 22.3 Å². The molecule has 2 aromatic carbocycles. The molecular weight excluding hydrogens is 434 g/mol. The summed E-state index contributed by atoms with van der Waals surface area (Å²) in [6, 6.07) is 18.1. The Balaban J connectivity index is 1.66. The summed E-state index contributed by atoms with van der Waals surface area (Å²) in [5, 5.41) is 1.40. The minimum atomic E-state index is -0.500. The van der Waals surface area contributed by atoms with Crippen LogP contribution in [0.4, 0.5) is 0 Å². The van der Waals surface area contributed by atoms with Gasteiger partial charge in [-0.15, -0.1) is 0 Å². The first-order chi connectivity index (χ1) is 14.0. The number of aromatic amines is 1. The normalized spacial score (nSPS) is 11.4. The standard InChI is InChI=1S/C22H14BrN3O3/c1-12-18(26-21(27)15-4-2-3-5-16(15)25-22(26)28)8-7-17(24-12)20-11-13-10-14(23)6-9-19(13)29-20/h2-11H,1H3,(H,25,28). The molecule has 0 spiro atoms. The predicted octanol–water partition coefficient (Wildman–Crippen LogP) is 4.56. The number of rotatable bonds is 2. The average Bonchev–Trinajstić information content (AvgIpc) is 3.12. The zero-order valence-corrected chi connectivity index (χ0v) is 16.9. The number of benzene rings is 2. The lowest BCUT2D eigenvalue weighted by Crippen LogP contribution is -2.34. The molecule has 29 heavy (non-hydrogen) atoms. The molecule has 3 heterocycles. The molecule has 0 atom stereocenters. The average molecular weight is 448 g/mol. The summed E-state index contributed by atoms with van der Waals surface area (Å²) in [5.74, 6) is 0.618. The topological polar surface area (TPSA) is 80.9 Å². The van der Waals surface area contributed by atoms with Crippen molar-refractivity contribution in [3.05, 3.63) is 91.7 Å². The number of furan rings is 1. The fourth-order valence-electron chi connectivity index (χ4n) is 3.45. The van der Waals surface area contributed by atoms with Crippen molar-refractivity contribution in [2.75, 3.05) is 0 Å². The molecule has 0 aliphatic heterocycles. The lowest BCUT2D eigenvalue weighted by atomic mass is 10.2. The molecule has 0 radical (unpaired) electrons. The molecule has 1 N–H and O–H groups in total. The maximum atomic E-state index is 12.9. The number of hydrogen-bond donors (Lipinski definition) is 1. The van der Waals surface area contributed by atoms with E-state index in [9.17, 15) is 9.59 Å². The number of fused-ring (bicyclic) bond motifs is 2. The van der Waals surface area contributed by atoms with Gasteiger partial charge in [0, 0.05) is 9.86 Å². The number of aromatic nitrogens is 3. The van der Waals surface area contributed by atoms with E-state index in [1.807, 2.05) is 24.3 Å². The predicted molar refractivity (Wildman–Crippen MR) is 116 cm³/mol. The summed E-state index contributed by atoms with van der Waals surface area (Å²) in [6.07, 6.45) is 0. The van der Waals surface area contributed by atoms with Crippen LogP contribution < -0.4 is 11.2 Å². The first-order valence-electron chi connectivity index (χ1n) is 8.93. The van der Waals surface area contributed by atoms with Gasteiger partial charge in [0.1, 0.15) is 11.3 Å². The van der Waals surface area contributed by atoms with Crippen LogP contribution in [-0.2, 0) is 0 Å². The number of hydrogen-bond acceptors (Lipinski definition) is 4. The van der Waals surface area contributed by atoms with Crippen molar-refractivity contribution in [2.45, 2.75) is 6.92 Å². The largest absolute Gasteiger partial charge is 0.454 e. The summed E-state index contributed by atoms with van der Waals surface area (Å²) in [7, 11) is 0. The summed E-state index contributed by atoms with van der Waals surface area (Å²) in [6.45, 7) is 1.76. The van der Waals surface area contributed by atoms with E-state index in [4.69, 9.17) is 4.42 Å². The molecule has 0 aliphatic rings. The van der Waals surface area contributed by atoms with E-state index in [0.717, 1.165) is 20.0 Å². The van der Waals surface area contributed by atoms with Crippen LogP contribution in [0.15, 0.2) is 79.1 Å². The summed E-state index contributed by atoms with van der Waals surface area (Å²) in [5.41, 5.74) is 2.00. The second kappa shape index (κ2) is 6.56. The number of aryl methyl sites for hydroxylation is 1. The van der Waals surface area contributed by atoms with Gasteiger partial charge in [-0.3, -0.25) is 4.79 Å². The maximum Gasteiger partial charge on any atom is 0.333 e. The second-order valence-corrected chi connectivity index (χ2v) is 7.63. The number of pyridine rings is 1. The zero-order valence-electron chi connectivity index (χ0n) is 15.3. The molecule has 0 saturated heterocycles. The fourth-order valence-corrected chi connectivity index (χ4v) is 3.83. The van der Waals surface area contributed by atoms with Crippen molar-refractivity contribution in [3.63, 3.8) is 0 Å². The Labute approximate surface area is 172 Å². The van der Waals surface area contributed by atoms with Crippen LogP contribution in [0.5, 0.6) is 0 Å². The minimum absolute atomic E-state index is 0.379. The maximum absolute atomic E-state index is 12.9. The quantitative estimate of drug-likeness (QED) is 0.430. The van der Waals surface area contributed by atoms with Crippen LogP contribution in [0.25, 0.3) is 39.0 Å². The number of nitrogens with one attached hydrogen (secondary N) is 1. The van der Waals surface area contributed by atoms with E-state index in [1.54, 1.807) is 43.3 Å². The molecule has 142 valence electrons. The second-order valence-electron chi connectivity index (χ2n) is 6.71. The molecule has 0 amide bonds. The molecule has 0 aliphatic carbocycles. The number of halogens is 1. The summed E-state index contributed by atoms with van der Waals surface area (Å²) in [4.78, 5) is 32.8. The molecular formula is C22H14BrN3O3. The molecule has 6 nitrogen and oxygen atoms in total. The monoisotopic (exact) mass is 447 g/mol. The van der Waals surface area contributed by atoms with Gasteiger partial charge in [-0.25, -0.2) is 14.3 Å². The molecule has 5 aromatic rings. The lowest BCUT2D eigenvalue weighted by molar-refractivity contribution is 0.628. The van der Waals surface area contributed by atoms with Crippen LogP contribution in [0, 0.1) is 6.92 Å². The molecule has 0 unspecified atom stereocenters. The molecule has 0 saturated carbocycles. The van der Waals surface area contributed by atoms with E-state index in [1.165, 1.54) is 0 Å². The highest BCUT2D eigenvalue weighted by molar-refractivity contribution is 9.10. The molecule has 7 heteroatoms. The van der Waals surface area contributed by atoms with E-state index in [0.29, 0.717) is 33.7 Å². The van der Waals surface area contributed by atoms with Gasteiger partial charge in [0.15, 0.2) is 5.76 Å². The van der Waals surface area contributed by atoms with Gasteiger partial charge in [-0.05, 0) is 55.5 Å². The zero-order chi connectivity index (χ0) is 20.1. The van der Waals surface area contributed by atoms with Crippen LogP contribution >= 0.6 is 15.9 Å². The van der Waals surface area contributed by atoms with Gasteiger partial charge < -0.3 is 9.40 Å². The minimum Gasteiger partial charge on any atom is -0.454 e. The van der Waals surface area contributed by atoms with E-state index < -0.39 is 5.69 Å². The Bertz CT molecular complexity index is 1530. The van der Waals surface area contributed by atoms with E-state index in [-0.39, 0.29) is 5.56 Å². The molecule has 0 bridgehead atoms. The first-order valence-corrected chi connectivity index (χ1v) is 9.72. The van der Waals surface area contributed by atoms with Gasteiger partial charge in [-0.1, -0.05) is 28.1 Å². The van der Waals surface area contributed by atoms with Crippen molar-refractivity contribution in [1.82, 2.24) is 14.5 Å². The van der Waals surface area contributed by atoms with Gasteiger partial charge in [0.2, 0.25) is 0 Å². The lowest BCUT2D eigenvalue weighted by Gasteiger charge is -2.09. The third-order valence-electron chi connectivity index (χ3n) is 4.83. The molecule has 5 rings (SSSR count). The highest BCUT2D eigenvalue weighted by atomic mass is 79.9. The smallest absolute Gasteiger partial charge is 0.333 e. The summed E-state index contributed by atoms with van der Waals surface area (Å²) >= 11 is 3.45. The molecule has 3 aromatic heterocycles. The van der Waals surface area contributed by atoms with Crippen LogP contribution in [0.1, 0.15) is 5.69 Å². The van der Waals surface area contributed by atoms with Crippen LogP contribution in [0.3, 0.4) is 0 Å². The van der Waals surface area contributed by atoms with Gasteiger partial charge in [-0.2, -0.15) is 0 Å². The van der Waals surface area contributed by atoms with E-state index >= 15 is 0 Å². The number of para-hydroxylation sites is 1. The van der Waals surface area contributed by atoms with Crippen molar-refractivity contribution in [1.29, 1.82) is 0 Å². The SMILES string of the molecule is Cc1nc(-c2cc3cc(Br)ccc3o2)ccc1-n1c(=O)[nH]c2ccccc2c1=O. The highest BCUT2D eigenvalue weighted by Crippen LogP contribution is 2.29. The molecule has 0 fully saturated rings. The number of H-pyrrole nitrogens is 1. The van der Waals surface area contributed by atoms with Gasteiger partial charge >= 0.3 is 5.69 Å². The van der Waals surface area contributed by atoms with Crippen LogP contribution in [-0.4, -0.2) is 14.5 Å². The first kappa shape index (κ1) is 17.6. The van der Waals surface area contributed by atoms with Gasteiger partial charge in [0.25, 0.3) is 5.56 Å². The Kier molecular flexibility index (Phi) is 3.99. The Morgan fingerprint density at radius 1 is 1.03 bits per heavy atom. The Hall–Kier alpha value is -3.45. The fraction of sp³-hybridized carbons (Fsp3) is 0.0455. The van der Waals surface area contributed by atoms with Crippen LogP contribution in [0.2, 0.25) is 0 Å². The Morgan fingerprint density at radius 3 is 2.69 bits per heavy atom. The third-order valence-corrected chi connectivity index (χ3v) is 5.33. The van der Waals surface area contributed by atoms with Crippen molar-refractivity contribution < 1.29 is 4.42 Å². The summed E-state index contributed by atoms with van der Waals surface area (Å²) < 4.78 is 7.97. The van der Waals surface area contributed by atoms with Crippen molar-refractivity contribution in [2.24, 2.45) is 0 Å². The third kappa shape index (κ3) is 2.91. The van der Waals surface area contributed by atoms with E-state index in [2.05, 4.69) is 25.9 Å². The van der Waals surface area contributed by atoms with Crippen molar-refractivity contribution >= 4 is 37.8 Å².